The van der Waals surface area contributed by atoms with E-state index in [0.717, 1.165) is 36.0 Å². The number of ether oxygens (including phenoxy) is 1. The Kier molecular flexibility index (Phi) is 4.37. The molecule has 6 heteroatoms. The van der Waals surface area contributed by atoms with Crippen LogP contribution in [0.15, 0.2) is 57.7 Å². The number of hydrogen-bond donors (Lipinski definition) is 1. The molecule has 0 spiro atoms. The van der Waals surface area contributed by atoms with E-state index in [1.165, 1.54) is 21.0 Å². The number of thiazole rings is 1. The molecule has 3 heterocycles. The van der Waals surface area contributed by atoms with Crippen molar-refractivity contribution in [1.82, 2.24) is 4.98 Å². The summed E-state index contributed by atoms with van der Waals surface area (Å²) < 4.78 is 11.9. The van der Waals surface area contributed by atoms with Crippen molar-refractivity contribution in [1.29, 1.82) is 0 Å². The van der Waals surface area contributed by atoms with Crippen LogP contribution in [0.1, 0.15) is 29.5 Å². The van der Waals surface area contributed by atoms with E-state index < -0.39 is 0 Å². The van der Waals surface area contributed by atoms with Crippen LogP contribution < -0.4 is 15.3 Å². The maximum absolute atomic E-state index is 12.1. The first-order chi connectivity index (χ1) is 13.7. The molecule has 5 nitrogen and oxygen atoms in total. The molecule has 2 aromatic carbocycles. The fourth-order valence-corrected chi connectivity index (χ4v) is 5.35. The Balaban J connectivity index is 1.50. The molecule has 1 fully saturated rings. The molecule has 28 heavy (non-hydrogen) atoms. The minimum atomic E-state index is -0.314. The summed E-state index contributed by atoms with van der Waals surface area (Å²) in [5.74, 6) is 0.689. The van der Waals surface area contributed by atoms with Gasteiger partial charge in [0.2, 0.25) is 0 Å². The van der Waals surface area contributed by atoms with Crippen molar-refractivity contribution >= 4 is 32.5 Å². The molecule has 5 rings (SSSR count). The van der Waals surface area contributed by atoms with E-state index >= 15 is 0 Å². The predicted octanol–water partition coefficient (Wildman–Crippen LogP) is 3.33. The van der Waals surface area contributed by atoms with Gasteiger partial charge in [0.15, 0.2) is 5.01 Å². The quantitative estimate of drug-likeness (QED) is 0.541. The van der Waals surface area contributed by atoms with Gasteiger partial charge in [-0.3, -0.25) is 0 Å². The number of nitrogens with zero attached hydrogens (tertiary/aromatic N) is 1. The molecule has 2 aromatic heterocycles. The maximum atomic E-state index is 12.1. The molecule has 1 aliphatic rings. The van der Waals surface area contributed by atoms with Crippen LogP contribution in [0.5, 0.6) is 5.75 Å². The number of nitrogens with one attached hydrogen (secondary N) is 1. The molecule has 1 unspecified atom stereocenters. The SMILES string of the molecule is COc1ccc2c(C[NH+]3CCC[C@@H]3c3nc4ccccc4s3)cc(=O)oc2c1. The van der Waals surface area contributed by atoms with Crippen molar-refractivity contribution in [2.75, 3.05) is 13.7 Å². The van der Waals surface area contributed by atoms with Crippen molar-refractivity contribution in [2.45, 2.75) is 25.4 Å². The van der Waals surface area contributed by atoms with Crippen molar-refractivity contribution in [3.8, 4) is 5.75 Å². The Morgan fingerprint density at radius 1 is 1.25 bits per heavy atom. The maximum Gasteiger partial charge on any atom is 0.336 e. The van der Waals surface area contributed by atoms with E-state index in [2.05, 4.69) is 18.2 Å². The molecule has 142 valence electrons. The number of methoxy groups -OCH3 is 1. The van der Waals surface area contributed by atoms with E-state index in [1.807, 2.05) is 18.2 Å². The third-order valence-corrected chi connectivity index (χ3v) is 6.70. The average Bonchev–Trinajstić information content (AvgIpc) is 3.33. The Morgan fingerprint density at radius 2 is 2.14 bits per heavy atom. The number of hydrogen-bond acceptors (Lipinski definition) is 5. The lowest BCUT2D eigenvalue weighted by molar-refractivity contribution is -0.931. The number of benzene rings is 2. The molecule has 0 aliphatic carbocycles. The number of para-hydroxylation sites is 1. The van der Waals surface area contributed by atoms with Gasteiger partial charge in [0.25, 0.3) is 0 Å². The molecule has 1 saturated heterocycles. The van der Waals surface area contributed by atoms with Gasteiger partial charge >= 0.3 is 5.63 Å². The van der Waals surface area contributed by atoms with Crippen LogP contribution in [0.4, 0.5) is 0 Å². The van der Waals surface area contributed by atoms with E-state index in [9.17, 15) is 4.79 Å². The Bertz CT molecular complexity index is 1180. The summed E-state index contributed by atoms with van der Waals surface area (Å²) >= 11 is 1.79. The summed E-state index contributed by atoms with van der Waals surface area (Å²) in [6.07, 6.45) is 2.30. The summed E-state index contributed by atoms with van der Waals surface area (Å²) in [6.45, 7) is 1.87. The van der Waals surface area contributed by atoms with Gasteiger partial charge in [0, 0.05) is 35.9 Å². The van der Waals surface area contributed by atoms with Gasteiger partial charge in [-0.2, -0.15) is 0 Å². The predicted molar refractivity (Wildman–Crippen MR) is 110 cm³/mol. The smallest absolute Gasteiger partial charge is 0.336 e. The Morgan fingerprint density at radius 3 is 3.00 bits per heavy atom. The van der Waals surface area contributed by atoms with Gasteiger partial charge in [0.1, 0.15) is 23.9 Å². The third-order valence-electron chi connectivity index (χ3n) is 5.55. The lowest BCUT2D eigenvalue weighted by Gasteiger charge is -2.20. The van der Waals surface area contributed by atoms with Gasteiger partial charge in [-0.25, -0.2) is 9.78 Å². The third kappa shape index (κ3) is 3.08. The molecule has 2 atom stereocenters. The number of likely N-dealkylation sites (tertiary alicyclic amines) is 1. The second-order valence-corrected chi connectivity index (χ2v) is 8.31. The largest absolute Gasteiger partial charge is 0.497 e. The minimum absolute atomic E-state index is 0.314. The van der Waals surface area contributed by atoms with Crippen LogP contribution >= 0.6 is 11.3 Å². The number of aromatic nitrogens is 1. The summed E-state index contributed by atoms with van der Waals surface area (Å²) in [5.41, 5.74) is 2.37. The van der Waals surface area contributed by atoms with Crippen LogP contribution in [0.2, 0.25) is 0 Å². The highest BCUT2D eigenvalue weighted by molar-refractivity contribution is 7.18. The molecule has 1 N–H and O–H groups in total. The van der Waals surface area contributed by atoms with Crippen LogP contribution in [0.25, 0.3) is 21.2 Å². The lowest BCUT2D eigenvalue weighted by Crippen LogP contribution is -3.08. The van der Waals surface area contributed by atoms with Crippen LogP contribution in [0, 0.1) is 0 Å². The molecule has 0 bridgehead atoms. The summed E-state index contributed by atoms with van der Waals surface area (Å²) in [5, 5.41) is 2.17. The Labute approximate surface area is 166 Å². The van der Waals surface area contributed by atoms with Crippen LogP contribution in [-0.4, -0.2) is 18.6 Å². The van der Waals surface area contributed by atoms with Gasteiger partial charge in [-0.1, -0.05) is 12.1 Å². The average molecular weight is 393 g/mol. The van der Waals surface area contributed by atoms with Gasteiger partial charge < -0.3 is 14.1 Å². The first-order valence-electron chi connectivity index (χ1n) is 9.52. The van der Waals surface area contributed by atoms with Crippen molar-refractivity contribution < 1.29 is 14.1 Å². The standard InChI is InChI=1S/C22H20N2O3S/c1-26-15-8-9-16-14(11-21(25)27-19(16)12-15)13-24-10-4-6-18(24)22-23-17-5-2-3-7-20(17)28-22/h2-3,5,7-9,11-12,18H,4,6,10,13H2,1H3/p+1/t18-/m1/s1. The number of quaternary nitrogens is 1. The highest BCUT2D eigenvalue weighted by atomic mass is 32.1. The van der Waals surface area contributed by atoms with Gasteiger partial charge in [-0.05, 0) is 24.3 Å². The molecule has 0 saturated carbocycles. The second kappa shape index (κ2) is 7.04. The van der Waals surface area contributed by atoms with E-state index in [1.54, 1.807) is 30.6 Å². The molecular weight excluding hydrogens is 372 g/mol. The zero-order valence-corrected chi connectivity index (χ0v) is 16.4. The molecule has 4 aromatic rings. The highest BCUT2D eigenvalue weighted by Crippen LogP contribution is 2.29. The zero-order chi connectivity index (χ0) is 19.1. The van der Waals surface area contributed by atoms with Gasteiger partial charge in [0.05, 0.1) is 23.9 Å². The van der Waals surface area contributed by atoms with Crippen molar-refractivity contribution in [3.63, 3.8) is 0 Å². The molecule has 1 aliphatic heterocycles. The summed E-state index contributed by atoms with van der Waals surface area (Å²) in [4.78, 5) is 18.5. The van der Waals surface area contributed by atoms with E-state index in [-0.39, 0.29) is 5.63 Å². The topological polar surface area (TPSA) is 56.8 Å². The van der Waals surface area contributed by atoms with Crippen molar-refractivity contribution in [3.05, 3.63) is 69.5 Å². The second-order valence-electron chi connectivity index (χ2n) is 7.25. The number of fused-ring (bicyclic) bond motifs is 2. The monoisotopic (exact) mass is 393 g/mol. The zero-order valence-electron chi connectivity index (χ0n) is 15.6. The fourth-order valence-electron chi connectivity index (χ4n) is 4.19. The molecular formula is C22H21N2O3S+. The van der Waals surface area contributed by atoms with Gasteiger partial charge in [-0.15, -0.1) is 11.3 Å². The lowest BCUT2D eigenvalue weighted by atomic mass is 10.1. The summed E-state index contributed by atoms with van der Waals surface area (Å²) in [7, 11) is 1.61. The van der Waals surface area contributed by atoms with Crippen LogP contribution in [-0.2, 0) is 6.54 Å². The highest BCUT2D eigenvalue weighted by Gasteiger charge is 2.33. The molecule has 0 radical (unpaired) electrons. The fraction of sp³-hybridized carbons (Fsp3) is 0.273. The number of rotatable bonds is 4. The Hall–Kier alpha value is -2.70. The minimum Gasteiger partial charge on any atom is -0.497 e. The summed E-state index contributed by atoms with van der Waals surface area (Å²) in [6, 6.07) is 16.0. The van der Waals surface area contributed by atoms with Crippen molar-refractivity contribution in [2.24, 2.45) is 0 Å². The first-order valence-corrected chi connectivity index (χ1v) is 10.3. The first kappa shape index (κ1) is 17.4. The van der Waals surface area contributed by atoms with E-state index in [4.69, 9.17) is 14.1 Å². The van der Waals surface area contributed by atoms with E-state index in [0.29, 0.717) is 17.4 Å². The van der Waals surface area contributed by atoms with Crippen LogP contribution in [0.3, 0.4) is 0 Å². The molecule has 0 amide bonds. The normalized spacial score (nSPS) is 19.5.